The molecule has 0 radical (unpaired) electrons. The van der Waals surface area contributed by atoms with Crippen molar-refractivity contribution in [3.05, 3.63) is 23.4 Å². The Kier molecular flexibility index (Phi) is 3.49. The van der Waals surface area contributed by atoms with Crippen LogP contribution in [0.1, 0.15) is 22.1 Å². The molecule has 0 saturated carbocycles. The molecule has 124 valence electrons. The molecule has 2 aromatic heterocycles. The number of hydrogen-bond donors (Lipinski definition) is 0. The number of amides is 1. The zero-order chi connectivity index (χ0) is 16.8. The molecular weight excluding hydrogens is 317 g/mol. The SMILES string of the molecule is COc1cc(C(=O)N2CCn3c(nnc3C(F)(F)F)C2)nn1C. The fourth-order valence-electron chi connectivity index (χ4n) is 2.45. The summed E-state index contributed by atoms with van der Waals surface area (Å²) in [4.78, 5) is 13.8. The topological polar surface area (TPSA) is 78.1 Å². The Morgan fingerprint density at radius 1 is 1.30 bits per heavy atom. The number of carbonyl (C=O) groups is 1. The maximum absolute atomic E-state index is 12.8. The molecule has 0 fully saturated rings. The van der Waals surface area contributed by atoms with Crippen LogP contribution in [0.15, 0.2) is 6.07 Å². The molecule has 0 unspecified atom stereocenters. The summed E-state index contributed by atoms with van der Waals surface area (Å²) in [5.41, 5.74) is 0.161. The van der Waals surface area contributed by atoms with Crippen LogP contribution < -0.4 is 4.74 Å². The third-order valence-corrected chi connectivity index (χ3v) is 3.56. The summed E-state index contributed by atoms with van der Waals surface area (Å²) in [6.45, 7) is 0.0412. The molecule has 8 nitrogen and oxygen atoms in total. The molecule has 0 aromatic carbocycles. The Labute approximate surface area is 128 Å². The number of carbonyl (C=O) groups excluding carboxylic acids is 1. The number of methoxy groups -OCH3 is 1. The van der Waals surface area contributed by atoms with Gasteiger partial charge in [-0.1, -0.05) is 0 Å². The number of aryl methyl sites for hydroxylation is 1. The number of ether oxygens (including phenoxy) is 1. The number of alkyl halides is 3. The summed E-state index contributed by atoms with van der Waals surface area (Å²) in [5, 5.41) is 10.7. The fourth-order valence-corrected chi connectivity index (χ4v) is 2.45. The second kappa shape index (κ2) is 5.25. The number of fused-ring (bicyclic) bond motifs is 1. The maximum Gasteiger partial charge on any atom is 0.451 e. The van der Waals surface area contributed by atoms with Crippen molar-refractivity contribution < 1.29 is 22.7 Å². The molecule has 11 heteroatoms. The monoisotopic (exact) mass is 330 g/mol. The van der Waals surface area contributed by atoms with Crippen molar-refractivity contribution in [2.75, 3.05) is 13.7 Å². The molecular formula is C12H13F3N6O2. The van der Waals surface area contributed by atoms with Crippen molar-refractivity contribution in [2.24, 2.45) is 7.05 Å². The molecule has 0 atom stereocenters. The van der Waals surface area contributed by atoms with Crippen molar-refractivity contribution in [1.29, 1.82) is 0 Å². The van der Waals surface area contributed by atoms with Gasteiger partial charge in [-0.05, 0) is 0 Å². The Morgan fingerprint density at radius 2 is 2.04 bits per heavy atom. The molecule has 0 N–H and O–H groups in total. The van der Waals surface area contributed by atoms with Gasteiger partial charge in [0.15, 0.2) is 11.5 Å². The third kappa shape index (κ3) is 2.62. The van der Waals surface area contributed by atoms with E-state index in [9.17, 15) is 18.0 Å². The third-order valence-electron chi connectivity index (χ3n) is 3.56. The fraction of sp³-hybridized carbons (Fsp3) is 0.500. The molecule has 0 bridgehead atoms. The number of rotatable bonds is 2. The van der Waals surface area contributed by atoms with Gasteiger partial charge in [-0.15, -0.1) is 10.2 Å². The van der Waals surface area contributed by atoms with E-state index in [0.29, 0.717) is 5.88 Å². The molecule has 23 heavy (non-hydrogen) atoms. The van der Waals surface area contributed by atoms with Crippen molar-refractivity contribution in [3.63, 3.8) is 0 Å². The smallest absolute Gasteiger partial charge is 0.451 e. The van der Waals surface area contributed by atoms with E-state index < -0.39 is 17.9 Å². The van der Waals surface area contributed by atoms with Gasteiger partial charge in [-0.3, -0.25) is 4.79 Å². The summed E-state index contributed by atoms with van der Waals surface area (Å²) < 4.78 is 45.8. The average molecular weight is 330 g/mol. The van der Waals surface area contributed by atoms with Gasteiger partial charge in [-0.25, -0.2) is 4.68 Å². The summed E-state index contributed by atoms with van der Waals surface area (Å²) >= 11 is 0. The lowest BCUT2D eigenvalue weighted by atomic mass is 10.3. The van der Waals surface area contributed by atoms with Crippen LogP contribution in [-0.2, 0) is 26.3 Å². The molecule has 3 heterocycles. The van der Waals surface area contributed by atoms with E-state index in [-0.39, 0.29) is 31.2 Å². The minimum Gasteiger partial charge on any atom is -0.481 e. The van der Waals surface area contributed by atoms with Crippen molar-refractivity contribution in [1.82, 2.24) is 29.4 Å². The van der Waals surface area contributed by atoms with E-state index in [1.807, 2.05) is 0 Å². The van der Waals surface area contributed by atoms with Crippen LogP contribution >= 0.6 is 0 Å². The zero-order valence-corrected chi connectivity index (χ0v) is 12.3. The molecule has 1 aliphatic rings. The first-order valence-corrected chi connectivity index (χ1v) is 6.68. The first-order valence-electron chi connectivity index (χ1n) is 6.68. The lowest BCUT2D eigenvalue weighted by Gasteiger charge is -2.27. The second-order valence-corrected chi connectivity index (χ2v) is 5.01. The Hall–Kier alpha value is -2.59. The number of halogens is 3. The lowest BCUT2D eigenvalue weighted by molar-refractivity contribution is -0.147. The van der Waals surface area contributed by atoms with E-state index in [1.54, 1.807) is 7.05 Å². The normalized spacial score (nSPS) is 14.7. The zero-order valence-electron chi connectivity index (χ0n) is 12.3. The quantitative estimate of drug-likeness (QED) is 0.810. The molecule has 3 rings (SSSR count). The van der Waals surface area contributed by atoms with Gasteiger partial charge in [-0.2, -0.15) is 18.3 Å². The standard InChI is InChI=1S/C12H13F3N6O2/c1-19-9(23-2)5-7(18-19)10(22)20-3-4-21-8(6-20)16-17-11(21)12(13,14)15/h5H,3-4,6H2,1-2H3. The highest BCUT2D eigenvalue weighted by atomic mass is 19.4. The largest absolute Gasteiger partial charge is 0.481 e. The van der Waals surface area contributed by atoms with Crippen molar-refractivity contribution >= 4 is 5.91 Å². The highest BCUT2D eigenvalue weighted by Crippen LogP contribution is 2.29. The number of aromatic nitrogens is 5. The predicted octanol–water partition coefficient (Wildman–Crippen LogP) is 0.695. The molecule has 0 spiro atoms. The van der Waals surface area contributed by atoms with Gasteiger partial charge in [0.2, 0.25) is 11.7 Å². The van der Waals surface area contributed by atoms with Gasteiger partial charge >= 0.3 is 6.18 Å². The minimum absolute atomic E-state index is 0.0209. The number of hydrogen-bond acceptors (Lipinski definition) is 5. The summed E-state index contributed by atoms with van der Waals surface area (Å²) in [6.07, 6.45) is -4.56. The Balaban J connectivity index is 1.82. The van der Waals surface area contributed by atoms with Crippen LogP contribution in [0.3, 0.4) is 0 Å². The summed E-state index contributed by atoms with van der Waals surface area (Å²) in [5.74, 6) is -0.932. The Morgan fingerprint density at radius 3 is 2.65 bits per heavy atom. The van der Waals surface area contributed by atoms with Gasteiger partial charge in [0.05, 0.1) is 13.7 Å². The van der Waals surface area contributed by atoms with E-state index in [0.717, 1.165) is 4.57 Å². The van der Waals surface area contributed by atoms with Gasteiger partial charge in [0.1, 0.15) is 0 Å². The van der Waals surface area contributed by atoms with Crippen molar-refractivity contribution in [3.8, 4) is 5.88 Å². The second-order valence-electron chi connectivity index (χ2n) is 5.01. The van der Waals surface area contributed by atoms with Crippen LogP contribution in [0.5, 0.6) is 5.88 Å². The summed E-state index contributed by atoms with van der Waals surface area (Å²) in [7, 11) is 3.07. The van der Waals surface area contributed by atoms with E-state index in [1.165, 1.54) is 22.8 Å². The van der Waals surface area contributed by atoms with Crippen LogP contribution in [0.4, 0.5) is 13.2 Å². The van der Waals surface area contributed by atoms with Gasteiger partial charge < -0.3 is 14.2 Å². The Bertz CT molecular complexity index is 751. The molecule has 1 aliphatic heterocycles. The highest BCUT2D eigenvalue weighted by Gasteiger charge is 2.40. The van der Waals surface area contributed by atoms with Gasteiger partial charge in [0, 0.05) is 26.2 Å². The minimum atomic E-state index is -4.56. The van der Waals surface area contributed by atoms with Crippen LogP contribution in [-0.4, -0.2) is 49.0 Å². The van der Waals surface area contributed by atoms with E-state index in [2.05, 4.69) is 15.3 Å². The highest BCUT2D eigenvalue weighted by molar-refractivity contribution is 5.92. The van der Waals surface area contributed by atoms with Crippen LogP contribution in [0.25, 0.3) is 0 Å². The molecule has 0 saturated heterocycles. The van der Waals surface area contributed by atoms with Crippen LogP contribution in [0, 0.1) is 0 Å². The van der Waals surface area contributed by atoms with E-state index in [4.69, 9.17) is 4.74 Å². The maximum atomic E-state index is 12.8. The molecule has 2 aromatic rings. The summed E-state index contributed by atoms with van der Waals surface area (Å²) in [6, 6.07) is 1.48. The first kappa shape index (κ1) is 15.3. The average Bonchev–Trinajstić information content (AvgIpc) is 3.08. The first-order chi connectivity index (χ1) is 10.8. The lowest BCUT2D eigenvalue weighted by Crippen LogP contribution is -2.39. The van der Waals surface area contributed by atoms with E-state index >= 15 is 0 Å². The predicted molar refractivity (Wildman–Crippen MR) is 69.5 cm³/mol. The molecule has 0 aliphatic carbocycles. The van der Waals surface area contributed by atoms with Gasteiger partial charge in [0.25, 0.3) is 5.91 Å². The molecule has 1 amide bonds. The van der Waals surface area contributed by atoms with Crippen LogP contribution in [0.2, 0.25) is 0 Å². The number of nitrogens with zero attached hydrogens (tertiary/aromatic N) is 6. The van der Waals surface area contributed by atoms with Crippen molar-refractivity contribution in [2.45, 2.75) is 19.3 Å².